The van der Waals surface area contributed by atoms with E-state index in [2.05, 4.69) is 10.3 Å². The van der Waals surface area contributed by atoms with Crippen molar-refractivity contribution in [3.8, 4) is 0 Å². The molecule has 2 aromatic carbocycles. The van der Waals surface area contributed by atoms with Gasteiger partial charge in [-0.3, -0.25) is 14.9 Å². The second-order valence-electron chi connectivity index (χ2n) is 5.41. The summed E-state index contributed by atoms with van der Waals surface area (Å²) in [6.45, 7) is 1.40. The summed E-state index contributed by atoms with van der Waals surface area (Å²) in [5.41, 5.74) is 1.24. The van der Waals surface area contributed by atoms with Crippen LogP contribution in [-0.4, -0.2) is 22.7 Å². The zero-order chi connectivity index (χ0) is 18.7. The average molecular weight is 351 g/mol. The number of carbonyl (C=O) groups excluding carboxylic acids is 2. The topological polar surface area (TPSA) is 111 Å². The average Bonchev–Trinajstić information content (AvgIpc) is 2.96. The smallest absolute Gasteiger partial charge is 0.363 e. The number of amides is 1. The predicted molar refractivity (Wildman–Crippen MR) is 94.4 cm³/mol. The summed E-state index contributed by atoms with van der Waals surface area (Å²) in [6.07, 6.45) is 1.32. The summed E-state index contributed by atoms with van der Waals surface area (Å²) >= 11 is 0. The number of rotatable bonds is 4. The minimum absolute atomic E-state index is 0.0276. The summed E-state index contributed by atoms with van der Waals surface area (Å²) < 4.78 is 5.14. The van der Waals surface area contributed by atoms with Crippen LogP contribution >= 0.6 is 0 Å². The van der Waals surface area contributed by atoms with Crippen LogP contribution < -0.4 is 5.32 Å². The number of nitro groups is 1. The van der Waals surface area contributed by atoms with Gasteiger partial charge in [-0.2, -0.15) is 0 Å². The van der Waals surface area contributed by atoms with Crippen LogP contribution in [0.1, 0.15) is 18.1 Å². The molecule has 1 aliphatic rings. The molecular formula is C18H13N3O5. The summed E-state index contributed by atoms with van der Waals surface area (Å²) in [6, 6.07) is 12.6. The molecule has 0 saturated carbocycles. The molecular weight excluding hydrogens is 338 g/mol. The lowest BCUT2D eigenvalue weighted by Gasteiger charge is -2.03. The van der Waals surface area contributed by atoms with Crippen LogP contribution in [-0.2, 0) is 14.3 Å². The fraction of sp³-hybridized carbons (Fsp3) is 0.0556. The monoisotopic (exact) mass is 351 g/mol. The maximum absolute atomic E-state index is 12.0. The molecule has 1 N–H and O–H groups in total. The molecule has 0 fully saturated rings. The number of nitro benzene ring substituents is 1. The van der Waals surface area contributed by atoms with Crippen molar-refractivity contribution in [3.63, 3.8) is 0 Å². The largest absolute Gasteiger partial charge is 0.402 e. The van der Waals surface area contributed by atoms with Gasteiger partial charge in [0, 0.05) is 24.2 Å². The van der Waals surface area contributed by atoms with Crippen LogP contribution in [0, 0.1) is 10.1 Å². The van der Waals surface area contributed by atoms with E-state index in [1.807, 2.05) is 0 Å². The quantitative estimate of drug-likeness (QED) is 0.394. The molecule has 3 rings (SSSR count). The van der Waals surface area contributed by atoms with Gasteiger partial charge in [0.05, 0.1) is 10.5 Å². The highest BCUT2D eigenvalue weighted by atomic mass is 16.6. The lowest BCUT2D eigenvalue weighted by atomic mass is 10.1. The summed E-state index contributed by atoms with van der Waals surface area (Å²) in [7, 11) is 0. The van der Waals surface area contributed by atoms with Crippen molar-refractivity contribution < 1.29 is 19.2 Å². The van der Waals surface area contributed by atoms with Gasteiger partial charge in [0.15, 0.2) is 5.70 Å². The number of esters is 1. The van der Waals surface area contributed by atoms with E-state index in [0.717, 1.165) is 0 Å². The maximum Gasteiger partial charge on any atom is 0.363 e. The van der Waals surface area contributed by atoms with Gasteiger partial charge in [-0.05, 0) is 36.4 Å². The first kappa shape index (κ1) is 17.0. The van der Waals surface area contributed by atoms with Crippen LogP contribution in [0.5, 0.6) is 0 Å². The molecule has 1 amide bonds. The standard InChI is InChI=1S/C18H13N3O5/c1-11(22)19-14-8-6-12(7-9-14)17-20-15(18(23)26-17)10-13-4-2-3-5-16(13)21(24)25/h2-10H,1H3,(H,19,22)/b15-10-. The van der Waals surface area contributed by atoms with E-state index >= 15 is 0 Å². The first-order valence-corrected chi connectivity index (χ1v) is 7.58. The predicted octanol–water partition coefficient (Wildman–Crippen LogP) is 2.90. The molecule has 2 aromatic rings. The molecule has 0 unspecified atom stereocenters. The van der Waals surface area contributed by atoms with Crippen LogP contribution in [0.15, 0.2) is 59.2 Å². The number of anilines is 1. The van der Waals surface area contributed by atoms with Gasteiger partial charge in [-0.1, -0.05) is 12.1 Å². The number of hydrogen-bond donors (Lipinski definition) is 1. The van der Waals surface area contributed by atoms with E-state index < -0.39 is 10.9 Å². The van der Waals surface area contributed by atoms with E-state index in [-0.39, 0.29) is 28.8 Å². The van der Waals surface area contributed by atoms with Crippen molar-refractivity contribution in [2.75, 3.05) is 5.32 Å². The SMILES string of the molecule is CC(=O)Nc1ccc(C2=N/C(=C\c3ccccc3[N+](=O)[O-])C(=O)O2)cc1. The fourth-order valence-corrected chi connectivity index (χ4v) is 2.36. The number of hydrogen-bond acceptors (Lipinski definition) is 6. The minimum Gasteiger partial charge on any atom is -0.402 e. The number of nitrogens with one attached hydrogen (secondary N) is 1. The molecule has 1 aliphatic heterocycles. The molecule has 1 heterocycles. The number of benzene rings is 2. The molecule has 0 spiro atoms. The zero-order valence-corrected chi connectivity index (χ0v) is 13.6. The summed E-state index contributed by atoms with van der Waals surface area (Å²) in [4.78, 5) is 37.7. The van der Waals surface area contributed by atoms with Crippen LogP contribution in [0.2, 0.25) is 0 Å². The molecule has 0 radical (unpaired) electrons. The van der Waals surface area contributed by atoms with Crippen molar-refractivity contribution in [2.45, 2.75) is 6.92 Å². The van der Waals surface area contributed by atoms with Gasteiger partial charge in [0.2, 0.25) is 11.8 Å². The molecule has 8 nitrogen and oxygen atoms in total. The molecule has 0 aromatic heterocycles. The lowest BCUT2D eigenvalue weighted by molar-refractivity contribution is -0.385. The number of ether oxygens (including phenoxy) is 1. The van der Waals surface area contributed by atoms with Crippen molar-refractivity contribution in [3.05, 3.63) is 75.5 Å². The van der Waals surface area contributed by atoms with Gasteiger partial charge in [-0.25, -0.2) is 9.79 Å². The van der Waals surface area contributed by atoms with E-state index in [9.17, 15) is 19.7 Å². The summed E-state index contributed by atoms with van der Waals surface area (Å²) in [5.74, 6) is -0.796. The Bertz CT molecular complexity index is 961. The second kappa shape index (κ2) is 6.98. The molecule has 8 heteroatoms. The molecule has 0 atom stereocenters. The number of cyclic esters (lactones) is 1. The van der Waals surface area contributed by atoms with Gasteiger partial charge in [-0.15, -0.1) is 0 Å². The van der Waals surface area contributed by atoms with Crippen LogP contribution in [0.3, 0.4) is 0 Å². The Morgan fingerprint density at radius 3 is 2.54 bits per heavy atom. The lowest BCUT2D eigenvalue weighted by Crippen LogP contribution is -2.07. The van der Waals surface area contributed by atoms with Gasteiger partial charge in [0.25, 0.3) is 5.69 Å². The second-order valence-corrected chi connectivity index (χ2v) is 5.41. The highest BCUT2D eigenvalue weighted by molar-refractivity contribution is 6.13. The Morgan fingerprint density at radius 2 is 1.88 bits per heavy atom. The highest BCUT2D eigenvalue weighted by Gasteiger charge is 2.25. The number of para-hydroxylation sites is 1. The van der Waals surface area contributed by atoms with Gasteiger partial charge >= 0.3 is 5.97 Å². The normalized spacial score (nSPS) is 14.7. The van der Waals surface area contributed by atoms with Crippen LogP contribution in [0.4, 0.5) is 11.4 Å². The number of nitrogens with zero attached hydrogens (tertiary/aromatic N) is 2. The number of carbonyl (C=O) groups is 2. The van der Waals surface area contributed by atoms with E-state index in [1.165, 1.54) is 25.1 Å². The van der Waals surface area contributed by atoms with E-state index in [1.54, 1.807) is 36.4 Å². The third kappa shape index (κ3) is 3.64. The van der Waals surface area contributed by atoms with Crippen molar-refractivity contribution in [1.29, 1.82) is 0 Å². The first-order chi connectivity index (χ1) is 12.4. The third-order valence-corrected chi connectivity index (χ3v) is 3.50. The zero-order valence-electron chi connectivity index (χ0n) is 13.6. The molecule has 0 bridgehead atoms. The minimum atomic E-state index is -0.691. The van der Waals surface area contributed by atoms with Crippen molar-refractivity contribution in [2.24, 2.45) is 4.99 Å². The molecule has 130 valence electrons. The van der Waals surface area contributed by atoms with Gasteiger partial charge < -0.3 is 10.1 Å². The highest BCUT2D eigenvalue weighted by Crippen LogP contribution is 2.24. The number of aliphatic imine (C=N–C) groups is 1. The van der Waals surface area contributed by atoms with Crippen LogP contribution in [0.25, 0.3) is 6.08 Å². The van der Waals surface area contributed by atoms with Crippen molar-refractivity contribution >= 4 is 35.2 Å². The summed E-state index contributed by atoms with van der Waals surface area (Å²) in [5, 5.41) is 13.7. The molecule has 26 heavy (non-hydrogen) atoms. The van der Waals surface area contributed by atoms with Crippen molar-refractivity contribution in [1.82, 2.24) is 0 Å². The van der Waals surface area contributed by atoms with E-state index in [0.29, 0.717) is 11.3 Å². The van der Waals surface area contributed by atoms with Gasteiger partial charge in [0.1, 0.15) is 0 Å². The van der Waals surface area contributed by atoms with E-state index in [4.69, 9.17) is 4.74 Å². The fourth-order valence-electron chi connectivity index (χ4n) is 2.36. The Kier molecular flexibility index (Phi) is 4.57. The first-order valence-electron chi connectivity index (χ1n) is 7.58. The molecule has 0 saturated heterocycles. The Hall–Kier alpha value is -3.81. The Labute approximate surface area is 148 Å². The Morgan fingerprint density at radius 1 is 1.19 bits per heavy atom. The maximum atomic E-state index is 12.0. The molecule has 0 aliphatic carbocycles. The Balaban J connectivity index is 1.90. The third-order valence-electron chi connectivity index (χ3n) is 3.50.